The summed E-state index contributed by atoms with van der Waals surface area (Å²) in [7, 11) is 0. The second-order valence-corrected chi connectivity index (χ2v) is 17.0. The highest BCUT2D eigenvalue weighted by atomic mass is 14.5. The fourth-order valence-electron chi connectivity index (χ4n) is 12.6. The van der Waals surface area contributed by atoms with Gasteiger partial charge in [-0.25, -0.2) is 0 Å². The molecular formula is C53H34B2. The van der Waals surface area contributed by atoms with Crippen LogP contribution in [0.1, 0.15) is 66.8 Å². The van der Waals surface area contributed by atoms with E-state index in [-0.39, 0.29) is 18.8 Å². The van der Waals surface area contributed by atoms with Gasteiger partial charge in [0.05, 0.1) is 5.41 Å². The minimum absolute atomic E-state index is 0.271. The van der Waals surface area contributed by atoms with Gasteiger partial charge in [-0.3, -0.25) is 0 Å². The molecule has 0 radical (unpaired) electrons. The molecule has 6 aliphatic rings. The van der Waals surface area contributed by atoms with Crippen LogP contribution in [0.5, 0.6) is 0 Å². The Balaban J connectivity index is 1.05. The van der Waals surface area contributed by atoms with Crippen molar-refractivity contribution in [3.63, 3.8) is 0 Å². The van der Waals surface area contributed by atoms with Crippen molar-refractivity contribution in [1.29, 1.82) is 0 Å². The molecule has 14 rings (SSSR count). The Morgan fingerprint density at radius 1 is 0.291 bits per heavy atom. The van der Waals surface area contributed by atoms with E-state index < -0.39 is 0 Å². The first-order valence-corrected chi connectivity index (χ1v) is 20.2. The number of rotatable bonds is 0. The van der Waals surface area contributed by atoms with Gasteiger partial charge < -0.3 is 0 Å². The van der Waals surface area contributed by atoms with E-state index in [9.17, 15) is 0 Å². The molecule has 4 aliphatic heterocycles. The van der Waals surface area contributed by atoms with Crippen LogP contribution in [-0.4, -0.2) is 13.4 Å². The van der Waals surface area contributed by atoms with E-state index in [4.69, 9.17) is 0 Å². The van der Waals surface area contributed by atoms with Gasteiger partial charge in [0.25, 0.3) is 0 Å². The Morgan fingerprint density at radius 2 is 0.673 bits per heavy atom. The smallest absolute Gasteiger partial charge is 0.0667 e. The van der Waals surface area contributed by atoms with Crippen molar-refractivity contribution < 1.29 is 0 Å². The maximum atomic E-state index is 2.67. The average Bonchev–Trinajstić information content (AvgIpc) is 3.68. The van der Waals surface area contributed by atoms with Gasteiger partial charge in [0.1, 0.15) is 0 Å². The monoisotopic (exact) mass is 692 g/mol. The zero-order valence-corrected chi connectivity index (χ0v) is 30.5. The summed E-state index contributed by atoms with van der Waals surface area (Å²) in [6.45, 7) is 0.542. The Labute approximate surface area is 322 Å². The van der Waals surface area contributed by atoms with Crippen LogP contribution in [0, 0.1) is 0 Å². The molecule has 0 nitrogen and oxygen atoms in total. The first-order chi connectivity index (χ1) is 27.3. The molecule has 0 fully saturated rings. The number of hydrogen-bond donors (Lipinski definition) is 0. The Morgan fingerprint density at radius 3 is 1.15 bits per heavy atom. The highest BCUT2D eigenvalue weighted by molar-refractivity contribution is 6.98. The molecule has 8 aromatic rings. The third-order valence-corrected chi connectivity index (χ3v) is 14.6. The Bertz CT molecular complexity index is 2870. The molecule has 1 spiro atoms. The molecule has 0 atom stereocenters. The largest absolute Gasteiger partial charge is 0.242 e. The van der Waals surface area contributed by atoms with Crippen molar-refractivity contribution in [2.24, 2.45) is 0 Å². The van der Waals surface area contributed by atoms with Gasteiger partial charge in [0.15, 0.2) is 0 Å². The zero-order chi connectivity index (χ0) is 35.6. The van der Waals surface area contributed by atoms with Crippen LogP contribution in [0.15, 0.2) is 158 Å². The van der Waals surface area contributed by atoms with Crippen LogP contribution in [0.4, 0.5) is 0 Å². The Kier molecular flexibility index (Phi) is 5.40. The molecule has 8 aromatic carbocycles. The van der Waals surface area contributed by atoms with Crippen LogP contribution in [0.3, 0.4) is 0 Å². The summed E-state index contributed by atoms with van der Waals surface area (Å²) < 4.78 is 0. The van der Waals surface area contributed by atoms with Gasteiger partial charge in [-0.05, 0) is 115 Å². The summed E-state index contributed by atoms with van der Waals surface area (Å²) in [5.74, 6) is 0. The lowest BCUT2D eigenvalue weighted by molar-refractivity contribution is 0.790. The lowest BCUT2D eigenvalue weighted by Gasteiger charge is -2.36. The number of hydrogen-bond acceptors (Lipinski definition) is 0. The molecule has 0 aromatic heterocycles. The molecule has 0 N–H and O–H groups in total. The van der Waals surface area contributed by atoms with E-state index in [1.165, 1.54) is 111 Å². The second kappa shape index (κ2) is 10.1. The third kappa shape index (κ3) is 3.49. The van der Waals surface area contributed by atoms with Crippen molar-refractivity contribution >= 4 is 46.2 Å². The summed E-state index contributed by atoms with van der Waals surface area (Å²) in [6, 6.07) is 62.0. The predicted molar refractivity (Wildman–Crippen MR) is 229 cm³/mol. The molecule has 0 saturated heterocycles. The maximum Gasteiger partial charge on any atom is 0.242 e. The standard InChI is InChI=1S/C53H34B2/c1-7-21-47-31(11-1)23-33-13-9-15-35-25-37-27-45-41(29-49(37)54(47)51(33)35)39-17-3-5-19-43(39)53(45)44-20-6-4-18-40(44)42-30-50-38(28-46(42)53)26-36-16-10-14-34-24-32-12-2-8-22-48(32)55(50)52(34)36/h1-22,27-30H,23-26H2. The second-order valence-electron chi connectivity index (χ2n) is 17.0. The van der Waals surface area contributed by atoms with Gasteiger partial charge in [-0.1, -0.05) is 191 Å². The minimum Gasteiger partial charge on any atom is -0.0667 e. The number of fused-ring (bicyclic) bond motifs is 18. The van der Waals surface area contributed by atoms with Gasteiger partial charge in [-0.15, -0.1) is 0 Å². The highest BCUT2D eigenvalue weighted by Crippen LogP contribution is 2.63. The third-order valence-electron chi connectivity index (χ3n) is 14.6. The van der Waals surface area contributed by atoms with E-state index >= 15 is 0 Å². The van der Waals surface area contributed by atoms with Crippen molar-refractivity contribution in [3.05, 3.63) is 224 Å². The molecule has 0 amide bonds. The summed E-state index contributed by atoms with van der Waals surface area (Å²) in [4.78, 5) is 0. The summed E-state index contributed by atoms with van der Waals surface area (Å²) in [5.41, 5.74) is 32.0. The normalized spacial score (nSPS) is 15.8. The average molecular weight is 692 g/mol. The van der Waals surface area contributed by atoms with Crippen LogP contribution < -0.4 is 32.8 Å². The van der Waals surface area contributed by atoms with E-state index in [0.717, 1.165) is 25.7 Å². The van der Waals surface area contributed by atoms with Gasteiger partial charge in [-0.2, -0.15) is 0 Å². The predicted octanol–water partition coefficient (Wildman–Crippen LogP) is 6.68. The van der Waals surface area contributed by atoms with E-state index in [2.05, 4.69) is 158 Å². The molecule has 2 aliphatic carbocycles. The molecule has 4 heterocycles. The lowest BCUT2D eigenvalue weighted by Crippen LogP contribution is -2.61. The van der Waals surface area contributed by atoms with Crippen LogP contribution in [-0.2, 0) is 31.1 Å². The zero-order valence-electron chi connectivity index (χ0n) is 30.5. The van der Waals surface area contributed by atoms with Gasteiger partial charge in [0.2, 0.25) is 13.4 Å². The van der Waals surface area contributed by atoms with E-state index in [1.54, 1.807) is 10.9 Å². The molecule has 252 valence electrons. The topological polar surface area (TPSA) is 0 Å². The van der Waals surface area contributed by atoms with Gasteiger partial charge >= 0.3 is 0 Å². The highest BCUT2D eigenvalue weighted by Gasteiger charge is 2.53. The van der Waals surface area contributed by atoms with Gasteiger partial charge in [0, 0.05) is 0 Å². The first kappa shape index (κ1) is 29.3. The molecule has 0 bridgehead atoms. The minimum atomic E-state index is -0.374. The lowest BCUT2D eigenvalue weighted by atomic mass is 9.30. The summed E-state index contributed by atoms with van der Waals surface area (Å²) in [6.07, 6.45) is 4.02. The van der Waals surface area contributed by atoms with Crippen molar-refractivity contribution in [2.45, 2.75) is 31.1 Å². The van der Waals surface area contributed by atoms with E-state index in [0.29, 0.717) is 0 Å². The first-order valence-electron chi connectivity index (χ1n) is 20.2. The molecule has 0 saturated carbocycles. The van der Waals surface area contributed by atoms with Crippen molar-refractivity contribution in [1.82, 2.24) is 0 Å². The van der Waals surface area contributed by atoms with Crippen molar-refractivity contribution in [3.8, 4) is 22.3 Å². The fraction of sp³-hybridized carbons (Fsp3) is 0.0943. The molecule has 55 heavy (non-hydrogen) atoms. The summed E-state index contributed by atoms with van der Waals surface area (Å²) in [5, 5.41) is 0. The van der Waals surface area contributed by atoms with Crippen LogP contribution >= 0.6 is 0 Å². The van der Waals surface area contributed by atoms with E-state index in [1.807, 2.05) is 0 Å². The number of benzene rings is 8. The van der Waals surface area contributed by atoms with Crippen LogP contribution in [0.2, 0.25) is 0 Å². The van der Waals surface area contributed by atoms with Crippen molar-refractivity contribution in [2.75, 3.05) is 0 Å². The molecule has 2 heteroatoms. The maximum absolute atomic E-state index is 2.67. The Hall–Kier alpha value is -6.11. The molecule has 0 unspecified atom stereocenters. The quantitative estimate of drug-likeness (QED) is 0.156. The SMILES string of the molecule is c1ccc2c(c1)Cc1cccc3c1B2c1cc2c(cc1C3)C1(c3ccccc3-2)c2ccccc2-c2cc3c(cc21)Cc1cccc2c1B3c1ccccc1C2. The fourth-order valence-corrected chi connectivity index (χ4v) is 12.6. The summed E-state index contributed by atoms with van der Waals surface area (Å²) >= 11 is 0. The molecular weight excluding hydrogens is 658 g/mol. The van der Waals surface area contributed by atoms with Crippen LogP contribution in [0.25, 0.3) is 22.3 Å².